The largest absolute Gasteiger partial charge is 1.00 e. The Morgan fingerprint density at radius 1 is 0.567 bits per heavy atom. The minimum absolute atomic E-state index is 0. The molecule has 23 heteroatoms. The Kier molecular flexibility index (Phi) is 49.1. The molecule has 9 aromatic rings. The maximum absolute atomic E-state index is 12.2. The van der Waals surface area contributed by atoms with Crippen LogP contribution in [0.15, 0.2) is 219 Å². The van der Waals surface area contributed by atoms with Gasteiger partial charge < -0.3 is 63.9 Å². The third-order valence-electron chi connectivity index (χ3n) is 11.5. The Hall–Kier alpha value is -5.06. The molecule has 0 spiro atoms. The minimum atomic E-state index is -1.09. The molecule has 6 aromatic carbocycles. The number of halogens is 4. The van der Waals surface area contributed by atoms with E-state index in [0.29, 0.717) is 43.5 Å². The Morgan fingerprint density at radius 2 is 0.922 bits per heavy atom. The van der Waals surface area contributed by atoms with Crippen LogP contribution in [0, 0.1) is 0 Å². The second-order valence-electron chi connectivity index (χ2n) is 17.0. The van der Waals surface area contributed by atoms with E-state index in [1.807, 2.05) is 149 Å². The third-order valence-corrected chi connectivity index (χ3v) is 13.1. The average molecular weight is 1410 g/mol. The van der Waals surface area contributed by atoms with Gasteiger partial charge in [0.1, 0.15) is 22.1 Å². The minimum Gasteiger partial charge on any atom is -1.00 e. The van der Waals surface area contributed by atoms with E-state index in [0.717, 1.165) is 36.3 Å². The second kappa shape index (κ2) is 49.6. The number of methoxy groups -OCH3 is 3. The Morgan fingerprint density at radius 3 is 1.27 bits per heavy atom. The molecule has 10 rings (SSSR count). The number of aliphatic carboxylic acids is 1. The van der Waals surface area contributed by atoms with Gasteiger partial charge in [-0.2, -0.15) is 0 Å². The molecule has 4 unspecified atom stereocenters. The van der Waals surface area contributed by atoms with Gasteiger partial charge in [-0.1, -0.05) is 179 Å². The van der Waals surface area contributed by atoms with Crippen molar-refractivity contribution in [3.05, 3.63) is 251 Å². The van der Waals surface area contributed by atoms with Crippen molar-refractivity contribution in [1.82, 2.24) is 13.7 Å². The second-order valence-corrected chi connectivity index (χ2v) is 19.2. The van der Waals surface area contributed by atoms with Crippen molar-refractivity contribution >= 4 is 75.1 Å². The Labute approximate surface area is 639 Å². The first-order valence-electron chi connectivity index (χ1n) is 25.1. The van der Waals surface area contributed by atoms with Gasteiger partial charge in [-0.25, -0.2) is 9.59 Å². The predicted octanol–water partition coefficient (Wildman–Crippen LogP) is 10.4. The molecule has 1 fully saturated rings. The molecule has 0 aliphatic carbocycles. The number of esters is 2. The van der Waals surface area contributed by atoms with E-state index < -0.39 is 24.1 Å². The molecule has 1 aliphatic rings. The molecule has 0 amide bonds. The van der Waals surface area contributed by atoms with Gasteiger partial charge in [-0.05, 0) is 103 Å². The number of alkyl halides is 1. The number of aromatic nitrogens is 3. The summed E-state index contributed by atoms with van der Waals surface area (Å²) in [6.07, 6.45) is 11.5. The van der Waals surface area contributed by atoms with Gasteiger partial charge in [0.15, 0.2) is 6.29 Å². The van der Waals surface area contributed by atoms with Crippen LogP contribution in [0.2, 0.25) is 15.1 Å². The number of carboxylic acids is 1. The number of carbonyl (C=O) groups is 4. The molecule has 4 heterocycles. The fourth-order valence-corrected chi connectivity index (χ4v) is 8.49. The van der Waals surface area contributed by atoms with Gasteiger partial charge in [0, 0.05) is 83.5 Å². The molecule has 0 saturated carbocycles. The van der Waals surface area contributed by atoms with E-state index >= 15 is 0 Å². The van der Waals surface area contributed by atoms with Crippen molar-refractivity contribution in [2.24, 2.45) is 0 Å². The number of carboxylic acid groups (broad SMARTS) is 1. The van der Waals surface area contributed by atoms with Crippen LogP contribution in [0.5, 0.6) is 17.2 Å². The molecule has 3 aromatic heterocycles. The van der Waals surface area contributed by atoms with Crippen molar-refractivity contribution in [1.29, 1.82) is 0 Å². The third kappa shape index (κ3) is 29.7. The van der Waals surface area contributed by atoms with Crippen LogP contribution in [-0.4, -0.2) is 82.5 Å². The van der Waals surface area contributed by atoms with Gasteiger partial charge in [0.2, 0.25) is 12.2 Å². The summed E-state index contributed by atoms with van der Waals surface area (Å²) >= 11 is 21.2. The van der Waals surface area contributed by atoms with E-state index in [2.05, 4.69) is 25.6 Å². The Balaban J connectivity index is -0.000000524. The maximum Gasteiger partial charge on any atom is 1.00 e. The summed E-state index contributed by atoms with van der Waals surface area (Å²) in [5.41, 5.74) is 4.33. The van der Waals surface area contributed by atoms with Crippen LogP contribution >= 0.6 is 50.7 Å². The number of phenolic OH excluding ortho intramolecular Hbond substituents is 1. The summed E-state index contributed by atoms with van der Waals surface area (Å²) in [6.45, 7) is 0.693. The molecule has 17 nitrogen and oxygen atoms in total. The smallest absolute Gasteiger partial charge is 1.00 e. The molecule has 1 aliphatic heterocycles. The number of benzene rings is 6. The number of rotatable bonds is 15. The molecule has 476 valence electrons. The first kappa shape index (κ1) is 89.1. The molecular weight excluding hydrogens is 1340 g/mol. The summed E-state index contributed by atoms with van der Waals surface area (Å²) < 4.78 is 36.8. The van der Waals surface area contributed by atoms with Crippen molar-refractivity contribution in [3.8, 4) is 34.3 Å². The summed E-state index contributed by atoms with van der Waals surface area (Å²) in [6, 6.07) is 54.1. The fraction of sp³-hybridized carbons (Fsp3) is 0.224. The Bertz CT molecular complexity index is 3340. The zero-order chi connectivity index (χ0) is 59.9. The number of ether oxygens (including phenoxy) is 6. The average Bonchev–Trinajstić information content (AvgIpc) is 3.54. The van der Waals surface area contributed by atoms with Gasteiger partial charge in [0.05, 0.1) is 31.3 Å². The summed E-state index contributed by atoms with van der Waals surface area (Å²) in [7, 11) is 4.39. The van der Waals surface area contributed by atoms with Crippen LogP contribution < -0.4 is 118 Å². The quantitative estimate of drug-likeness (QED) is 0.0244. The van der Waals surface area contributed by atoms with Crippen molar-refractivity contribution in [2.45, 2.75) is 73.3 Å². The summed E-state index contributed by atoms with van der Waals surface area (Å²) in [5.74, 6) is -0.585. The van der Waals surface area contributed by atoms with E-state index in [-0.39, 0.29) is 171 Å². The number of carbonyl (C=O) groups excluding carboxylic acids is 3. The van der Waals surface area contributed by atoms with Crippen LogP contribution in [-0.2, 0) is 43.0 Å². The molecule has 1 saturated heterocycles. The maximum atomic E-state index is 12.2. The topological polar surface area (TPSA) is 211 Å². The molecule has 2 N–H and O–H groups in total. The van der Waals surface area contributed by atoms with Gasteiger partial charge in [-0.15, -0.1) is 0 Å². The van der Waals surface area contributed by atoms with Crippen molar-refractivity contribution in [2.75, 3.05) is 27.9 Å². The van der Waals surface area contributed by atoms with E-state index in [4.69, 9.17) is 68.5 Å². The SMILES string of the molecule is C.C.C.C.C.COC(=O)C(Br)c1ccccc1.COC(=O)C(Oc1ccc(Cl)cc1-n1cccc1)c1ccccc1.COC1CCCO1.O=C(O)C(Oc1ccc(Cl)cc1-n1cccc1)c1ccccc1.O=CO[O-].Oc1ccc(Cl)cc1-n1cccc1.[H-].[K+].[K+]. The number of nitrogens with zero attached hydrogens (tertiary/aromatic N) is 3. The van der Waals surface area contributed by atoms with Crippen LogP contribution in [0.1, 0.15) is 85.1 Å². The number of hydrogen-bond donors (Lipinski definition) is 2. The fourth-order valence-electron chi connectivity index (χ4n) is 7.50. The van der Waals surface area contributed by atoms with E-state index in [1.54, 1.807) is 90.5 Å². The standard InChI is InChI=1S/C19H16ClNO3.C18H14ClNO3.C10H8ClNO.C9H9BrO2.C5H10O2.CH2O3.5CH4.2K.H/c1-23-19(22)18(14-7-3-2-4-8-14)24-17-10-9-15(20)13-16(17)21-11-5-6-12-21;19-14-8-9-16(15(12-14)20-10-4-5-11-20)23-17(18(21)22)13-6-2-1-3-7-13;11-8-3-4-10(13)9(7-8)12-5-1-2-6-12;1-12-9(11)8(10)7-5-3-2-4-6-7;1-6-5-3-2-4-7-5;2-1-4-3;;;;;;;;/h2-13,18H,1H3;1-12,17H,(H,21,22);1-7,13H;2-6,8H,1H3;5H,2-4H2,1H3;1,3H;5*1H4;;;/q;;;;;;;;;;;2*+1;-1/p-1. The molecule has 4 atom stereocenters. The first-order valence-corrected chi connectivity index (χ1v) is 27.1. The summed E-state index contributed by atoms with van der Waals surface area (Å²) in [5, 5.41) is 29.2. The van der Waals surface area contributed by atoms with Crippen molar-refractivity contribution < 1.29 is 172 Å². The zero-order valence-corrected chi connectivity index (χ0v) is 57.0. The number of phenols is 1. The first-order chi connectivity index (χ1) is 40.2. The summed E-state index contributed by atoms with van der Waals surface area (Å²) in [4.78, 5) is 45.7. The molecular formula is C67H79BrCl3K2N3O14. The van der Waals surface area contributed by atoms with Crippen LogP contribution in [0.25, 0.3) is 17.1 Å². The monoisotopic (exact) mass is 1410 g/mol. The van der Waals surface area contributed by atoms with Crippen molar-refractivity contribution in [3.63, 3.8) is 0 Å². The van der Waals surface area contributed by atoms with E-state index in [9.17, 15) is 24.6 Å². The number of hydrogen-bond acceptors (Lipinski definition) is 13. The number of aromatic hydroxyl groups is 1. The van der Waals surface area contributed by atoms with E-state index in [1.165, 1.54) is 14.2 Å². The van der Waals surface area contributed by atoms with Crippen LogP contribution in [0.4, 0.5) is 0 Å². The van der Waals surface area contributed by atoms with Gasteiger partial charge in [-0.3, -0.25) is 9.59 Å². The van der Waals surface area contributed by atoms with Crippen LogP contribution in [0.3, 0.4) is 0 Å². The zero-order valence-electron chi connectivity index (χ0n) is 47.9. The van der Waals surface area contributed by atoms with Gasteiger partial charge >= 0.3 is 121 Å². The molecule has 0 bridgehead atoms. The molecule has 0 radical (unpaired) electrons. The van der Waals surface area contributed by atoms with Gasteiger partial charge in [0.25, 0.3) is 6.47 Å². The normalized spacial score (nSPS) is 11.9. The predicted molar refractivity (Wildman–Crippen MR) is 351 cm³/mol. The molecule has 90 heavy (non-hydrogen) atoms.